The minimum atomic E-state index is -1.05. The van der Waals surface area contributed by atoms with Gasteiger partial charge in [-0.3, -0.25) is 14.4 Å². The second kappa shape index (κ2) is 9.07. The lowest BCUT2D eigenvalue weighted by atomic mass is 9.80. The molecule has 1 fully saturated rings. The van der Waals surface area contributed by atoms with Crippen LogP contribution in [-0.4, -0.2) is 35.2 Å². The van der Waals surface area contributed by atoms with E-state index in [4.69, 9.17) is 0 Å². The predicted molar refractivity (Wildman–Crippen MR) is 131 cm³/mol. The summed E-state index contributed by atoms with van der Waals surface area (Å²) in [5.41, 5.74) is 1.91. The van der Waals surface area contributed by atoms with Crippen molar-refractivity contribution < 1.29 is 14.4 Å². The Morgan fingerprint density at radius 2 is 1.69 bits per heavy atom. The minimum absolute atomic E-state index is 0.0524. The van der Waals surface area contributed by atoms with Crippen molar-refractivity contribution in [1.29, 1.82) is 5.26 Å². The number of carbonyl (C=O) groups is 3. The molecule has 35 heavy (non-hydrogen) atoms. The van der Waals surface area contributed by atoms with Gasteiger partial charge in [0.05, 0.1) is 11.5 Å². The van der Waals surface area contributed by atoms with Gasteiger partial charge >= 0.3 is 0 Å². The first-order valence-corrected chi connectivity index (χ1v) is 11.5. The summed E-state index contributed by atoms with van der Waals surface area (Å²) in [4.78, 5) is 41.8. The fourth-order valence-electron chi connectivity index (χ4n) is 5.08. The largest absolute Gasteiger partial charge is 0.325 e. The molecule has 7 nitrogen and oxygen atoms in total. The van der Waals surface area contributed by atoms with Crippen molar-refractivity contribution in [2.24, 2.45) is 5.92 Å². The van der Waals surface area contributed by atoms with Crippen LogP contribution >= 0.6 is 0 Å². The van der Waals surface area contributed by atoms with Crippen LogP contribution in [0.15, 0.2) is 84.9 Å². The Kier molecular flexibility index (Phi) is 5.79. The third-order valence-corrected chi connectivity index (χ3v) is 6.85. The van der Waals surface area contributed by atoms with Gasteiger partial charge in [-0.05, 0) is 35.7 Å². The Labute approximate surface area is 203 Å². The van der Waals surface area contributed by atoms with Gasteiger partial charge in [-0.15, -0.1) is 0 Å². The molecule has 2 aliphatic rings. The predicted octanol–water partition coefficient (Wildman–Crippen LogP) is 3.50. The lowest BCUT2D eigenvalue weighted by Crippen LogP contribution is -2.46. The standard InChI is InChI=1S/C28H24N4O3/c29-17-21-16-28(23-13-7-8-14-24(23)31-27(28)35)18-32(21)26(34)22(15-19-9-3-1-4-10-19)25(33)30-20-11-5-2-6-12-20/h1-14,21-22H,15-16,18H2,(H,30,33)(H,31,35)/t21-,22-,28-/m0/s1. The normalized spacial score (nSPS) is 21.2. The fourth-order valence-corrected chi connectivity index (χ4v) is 5.08. The highest BCUT2D eigenvalue weighted by Gasteiger charge is 2.56. The molecule has 2 heterocycles. The first-order valence-electron chi connectivity index (χ1n) is 11.5. The van der Waals surface area contributed by atoms with Crippen molar-refractivity contribution in [3.05, 3.63) is 96.1 Å². The molecule has 0 aliphatic carbocycles. The number of hydrogen-bond acceptors (Lipinski definition) is 4. The number of amides is 3. The summed E-state index contributed by atoms with van der Waals surface area (Å²) in [6.45, 7) is 0.0524. The van der Waals surface area contributed by atoms with Crippen molar-refractivity contribution in [2.75, 3.05) is 17.2 Å². The van der Waals surface area contributed by atoms with Crippen molar-refractivity contribution in [1.82, 2.24) is 4.90 Å². The summed E-state index contributed by atoms with van der Waals surface area (Å²) in [5, 5.41) is 15.7. The highest BCUT2D eigenvalue weighted by molar-refractivity contribution is 6.09. The lowest BCUT2D eigenvalue weighted by molar-refractivity contribution is -0.140. The molecule has 174 valence electrons. The zero-order valence-electron chi connectivity index (χ0n) is 19.0. The van der Waals surface area contributed by atoms with Crippen LogP contribution in [0.5, 0.6) is 0 Å². The van der Waals surface area contributed by atoms with E-state index < -0.39 is 29.2 Å². The van der Waals surface area contributed by atoms with E-state index in [9.17, 15) is 19.6 Å². The second-order valence-corrected chi connectivity index (χ2v) is 8.99. The average Bonchev–Trinajstić information content (AvgIpc) is 3.41. The van der Waals surface area contributed by atoms with Crippen LogP contribution in [0.25, 0.3) is 0 Å². The molecule has 5 rings (SSSR count). The first kappa shape index (κ1) is 22.4. The molecule has 0 bridgehead atoms. The van der Waals surface area contributed by atoms with E-state index in [2.05, 4.69) is 16.7 Å². The number of carbonyl (C=O) groups excluding carboxylic acids is 3. The van der Waals surface area contributed by atoms with E-state index in [0.717, 1.165) is 11.1 Å². The highest BCUT2D eigenvalue weighted by atomic mass is 16.2. The molecular weight excluding hydrogens is 440 g/mol. The molecule has 3 atom stereocenters. The summed E-state index contributed by atoms with van der Waals surface area (Å²) in [6, 6.07) is 27.0. The highest BCUT2D eigenvalue weighted by Crippen LogP contribution is 2.46. The quantitative estimate of drug-likeness (QED) is 0.564. The van der Waals surface area contributed by atoms with Crippen molar-refractivity contribution in [3.63, 3.8) is 0 Å². The van der Waals surface area contributed by atoms with E-state index in [1.807, 2.05) is 60.7 Å². The van der Waals surface area contributed by atoms with Crippen LogP contribution < -0.4 is 10.6 Å². The molecule has 1 spiro atoms. The van der Waals surface area contributed by atoms with Gasteiger partial charge in [-0.2, -0.15) is 5.26 Å². The maximum Gasteiger partial charge on any atom is 0.237 e. The number of nitrogens with zero attached hydrogens (tertiary/aromatic N) is 2. The van der Waals surface area contributed by atoms with Crippen molar-refractivity contribution >= 4 is 29.1 Å². The Hall–Kier alpha value is -4.44. The molecule has 0 aromatic heterocycles. The number of benzene rings is 3. The molecule has 1 saturated heterocycles. The Balaban J connectivity index is 1.47. The number of nitrogens with one attached hydrogen (secondary N) is 2. The zero-order chi connectivity index (χ0) is 24.4. The third kappa shape index (κ3) is 4.04. The molecular formula is C28H24N4O3. The molecule has 0 saturated carbocycles. The first-order chi connectivity index (χ1) is 17.0. The van der Waals surface area contributed by atoms with E-state index in [-0.39, 0.29) is 25.3 Å². The van der Waals surface area contributed by atoms with Crippen molar-refractivity contribution in [3.8, 4) is 6.07 Å². The SMILES string of the molecule is N#C[C@@H]1C[C@@]2(CN1C(=O)[C@@H](Cc1ccccc1)C(=O)Nc1ccccc1)C(=O)Nc1ccccc12. The van der Waals surface area contributed by atoms with E-state index >= 15 is 0 Å². The van der Waals surface area contributed by atoms with Crippen LogP contribution in [0.1, 0.15) is 17.5 Å². The smallest absolute Gasteiger partial charge is 0.237 e. The number of rotatable bonds is 5. The van der Waals surface area contributed by atoms with Gasteiger partial charge < -0.3 is 15.5 Å². The van der Waals surface area contributed by atoms with Gasteiger partial charge in [0.15, 0.2) is 0 Å². The summed E-state index contributed by atoms with van der Waals surface area (Å²) in [5.74, 6) is -2.17. The summed E-state index contributed by atoms with van der Waals surface area (Å²) < 4.78 is 0. The Morgan fingerprint density at radius 1 is 1.03 bits per heavy atom. The van der Waals surface area contributed by atoms with Gasteiger partial charge in [0, 0.05) is 24.3 Å². The molecule has 2 N–H and O–H groups in total. The molecule has 0 unspecified atom stereocenters. The Bertz CT molecular complexity index is 1320. The maximum atomic E-state index is 13.9. The molecule has 0 radical (unpaired) electrons. The van der Waals surface area contributed by atoms with E-state index in [1.54, 1.807) is 24.3 Å². The van der Waals surface area contributed by atoms with Crippen LogP contribution in [0.3, 0.4) is 0 Å². The molecule has 2 aliphatic heterocycles. The average molecular weight is 465 g/mol. The summed E-state index contributed by atoms with van der Waals surface area (Å²) in [7, 11) is 0. The topological polar surface area (TPSA) is 102 Å². The summed E-state index contributed by atoms with van der Waals surface area (Å²) >= 11 is 0. The molecule has 3 aromatic rings. The number of para-hydroxylation sites is 2. The van der Waals surface area contributed by atoms with Crippen LogP contribution in [-0.2, 0) is 26.2 Å². The van der Waals surface area contributed by atoms with E-state index in [0.29, 0.717) is 11.4 Å². The third-order valence-electron chi connectivity index (χ3n) is 6.85. The number of anilines is 2. The number of nitriles is 1. The zero-order valence-corrected chi connectivity index (χ0v) is 19.0. The van der Waals surface area contributed by atoms with Gasteiger partial charge in [-0.1, -0.05) is 66.7 Å². The molecule has 7 heteroatoms. The van der Waals surface area contributed by atoms with Gasteiger partial charge in [0.25, 0.3) is 0 Å². The van der Waals surface area contributed by atoms with Gasteiger partial charge in [-0.25, -0.2) is 0 Å². The molecule has 3 amide bonds. The number of fused-ring (bicyclic) bond motifs is 2. The minimum Gasteiger partial charge on any atom is -0.325 e. The van der Waals surface area contributed by atoms with Crippen LogP contribution in [0.2, 0.25) is 0 Å². The van der Waals surface area contributed by atoms with Crippen LogP contribution in [0, 0.1) is 17.2 Å². The van der Waals surface area contributed by atoms with E-state index in [1.165, 1.54) is 4.90 Å². The van der Waals surface area contributed by atoms with Crippen LogP contribution in [0.4, 0.5) is 11.4 Å². The van der Waals surface area contributed by atoms with Crippen molar-refractivity contribution in [2.45, 2.75) is 24.3 Å². The second-order valence-electron chi connectivity index (χ2n) is 8.99. The monoisotopic (exact) mass is 464 g/mol. The Morgan fingerprint density at radius 3 is 2.40 bits per heavy atom. The summed E-state index contributed by atoms with van der Waals surface area (Å²) in [6.07, 6.45) is 0.374. The van der Waals surface area contributed by atoms with Gasteiger partial charge in [0.2, 0.25) is 17.7 Å². The van der Waals surface area contributed by atoms with Gasteiger partial charge in [0.1, 0.15) is 12.0 Å². The lowest BCUT2D eigenvalue weighted by Gasteiger charge is -2.26. The maximum absolute atomic E-state index is 13.9. The number of hydrogen-bond donors (Lipinski definition) is 2. The number of likely N-dealkylation sites (tertiary alicyclic amines) is 1. The molecule has 3 aromatic carbocycles. The fraction of sp³-hybridized carbons (Fsp3) is 0.214.